The Morgan fingerprint density at radius 2 is 1.80 bits per heavy atom. The maximum absolute atomic E-state index is 12.4. The number of benzene rings is 1. The molecule has 0 unspecified atom stereocenters. The maximum atomic E-state index is 12.4. The number of hydrogen-bond donors (Lipinski definition) is 1. The van der Waals surface area contributed by atoms with Gasteiger partial charge >= 0.3 is 0 Å². The summed E-state index contributed by atoms with van der Waals surface area (Å²) in [5.41, 5.74) is 1.17. The van der Waals surface area contributed by atoms with Gasteiger partial charge in [-0.25, -0.2) is 12.7 Å². The van der Waals surface area contributed by atoms with Crippen LogP contribution in [0.4, 0.5) is 5.69 Å². The van der Waals surface area contributed by atoms with Gasteiger partial charge in [0, 0.05) is 25.8 Å². The van der Waals surface area contributed by atoms with E-state index >= 15 is 0 Å². The van der Waals surface area contributed by atoms with Crippen molar-refractivity contribution in [3.63, 3.8) is 0 Å². The molecule has 0 radical (unpaired) electrons. The number of carbonyl (C=O) groups excluding carboxylic acids is 1. The van der Waals surface area contributed by atoms with Crippen LogP contribution in [0.3, 0.4) is 0 Å². The molecule has 1 saturated carbocycles. The SMILES string of the molecule is Cc1ccc(NC(=O)CN(C)C2CCCCC2)cc1S(=O)(=O)N(C)C. The van der Waals surface area contributed by atoms with Crippen LogP contribution in [0.5, 0.6) is 0 Å². The number of sulfonamides is 1. The number of anilines is 1. The lowest BCUT2D eigenvalue weighted by Gasteiger charge is -2.30. The Balaban J connectivity index is 2.06. The topological polar surface area (TPSA) is 69.7 Å². The molecule has 25 heavy (non-hydrogen) atoms. The summed E-state index contributed by atoms with van der Waals surface area (Å²) in [5, 5.41) is 2.83. The predicted octanol–water partition coefficient (Wildman–Crippen LogP) is 2.45. The Labute approximate surface area is 151 Å². The first-order valence-corrected chi connectivity index (χ1v) is 10.2. The van der Waals surface area contributed by atoms with E-state index in [2.05, 4.69) is 10.2 Å². The van der Waals surface area contributed by atoms with Gasteiger partial charge in [-0.3, -0.25) is 9.69 Å². The average molecular weight is 368 g/mol. The second kappa shape index (κ2) is 8.29. The van der Waals surface area contributed by atoms with Crippen molar-refractivity contribution >= 4 is 21.6 Å². The third kappa shape index (κ3) is 5.03. The molecule has 140 valence electrons. The second-order valence-corrected chi connectivity index (χ2v) is 9.14. The average Bonchev–Trinajstić information content (AvgIpc) is 2.57. The van der Waals surface area contributed by atoms with Gasteiger partial charge in [-0.1, -0.05) is 25.3 Å². The van der Waals surface area contributed by atoms with Crippen molar-refractivity contribution in [2.24, 2.45) is 0 Å². The van der Waals surface area contributed by atoms with Gasteiger partial charge in [0.2, 0.25) is 15.9 Å². The lowest BCUT2D eigenvalue weighted by Crippen LogP contribution is -2.39. The predicted molar refractivity (Wildman–Crippen MR) is 100 cm³/mol. The fourth-order valence-corrected chi connectivity index (χ4v) is 4.37. The number of amides is 1. The molecule has 0 atom stereocenters. The molecule has 6 nitrogen and oxygen atoms in total. The standard InChI is InChI=1S/C18H29N3O3S/c1-14-10-11-15(12-17(14)25(23,24)20(2)3)19-18(22)13-21(4)16-8-6-5-7-9-16/h10-12,16H,5-9,13H2,1-4H3,(H,19,22). The quantitative estimate of drug-likeness (QED) is 0.838. The molecule has 7 heteroatoms. The highest BCUT2D eigenvalue weighted by atomic mass is 32.2. The Hall–Kier alpha value is -1.44. The van der Waals surface area contributed by atoms with Crippen LogP contribution in [0, 0.1) is 6.92 Å². The third-order valence-corrected chi connectivity index (χ3v) is 6.78. The Morgan fingerprint density at radius 1 is 1.16 bits per heavy atom. The van der Waals surface area contributed by atoms with Gasteiger partial charge in [-0.05, 0) is 44.5 Å². The largest absolute Gasteiger partial charge is 0.325 e. The van der Waals surface area contributed by atoms with Crippen molar-refractivity contribution in [1.29, 1.82) is 0 Å². The number of nitrogens with zero attached hydrogens (tertiary/aromatic N) is 2. The van der Waals surface area contributed by atoms with E-state index in [0.29, 0.717) is 23.8 Å². The number of aryl methyl sites for hydroxylation is 1. The lowest BCUT2D eigenvalue weighted by molar-refractivity contribution is -0.117. The Bertz CT molecular complexity index is 710. The van der Waals surface area contributed by atoms with E-state index in [1.54, 1.807) is 19.1 Å². The third-order valence-electron chi connectivity index (χ3n) is 4.82. The highest BCUT2D eigenvalue weighted by molar-refractivity contribution is 7.89. The minimum atomic E-state index is -3.53. The molecule has 0 spiro atoms. The zero-order valence-electron chi connectivity index (χ0n) is 15.6. The van der Waals surface area contributed by atoms with Crippen molar-refractivity contribution in [3.05, 3.63) is 23.8 Å². The van der Waals surface area contributed by atoms with Gasteiger partial charge in [0.25, 0.3) is 0 Å². The van der Waals surface area contributed by atoms with Crippen LogP contribution >= 0.6 is 0 Å². The summed E-state index contributed by atoms with van der Waals surface area (Å²) in [6, 6.07) is 5.45. The van der Waals surface area contributed by atoms with E-state index in [1.807, 2.05) is 7.05 Å². The molecule has 1 aromatic carbocycles. The van der Waals surface area contributed by atoms with Crippen LogP contribution in [0.25, 0.3) is 0 Å². The summed E-state index contributed by atoms with van der Waals surface area (Å²) in [6.45, 7) is 2.06. The first-order chi connectivity index (χ1) is 11.7. The zero-order chi connectivity index (χ0) is 18.6. The zero-order valence-corrected chi connectivity index (χ0v) is 16.4. The highest BCUT2D eigenvalue weighted by Gasteiger charge is 2.22. The van der Waals surface area contributed by atoms with Crippen molar-refractivity contribution in [1.82, 2.24) is 9.21 Å². The van der Waals surface area contributed by atoms with Crippen LogP contribution < -0.4 is 5.32 Å². The van der Waals surface area contributed by atoms with Gasteiger partial charge in [0.05, 0.1) is 11.4 Å². The first-order valence-electron chi connectivity index (χ1n) is 8.75. The monoisotopic (exact) mass is 367 g/mol. The fourth-order valence-electron chi connectivity index (χ4n) is 3.23. The van der Waals surface area contributed by atoms with E-state index in [4.69, 9.17) is 0 Å². The van der Waals surface area contributed by atoms with E-state index < -0.39 is 10.0 Å². The number of carbonyl (C=O) groups is 1. The normalized spacial score (nSPS) is 16.4. The number of likely N-dealkylation sites (N-methyl/N-ethyl adjacent to an activating group) is 1. The first kappa shape index (κ1) is 19.9. The summed E-state index contributed by atoms with van der Waals surface area (Å²) in [6.07, 6.45) is 6.00. The molecular weight excluding hydrogens is 338 g/mol. The molecule has 1 amide bonds. The van der Waals surface area contributed by atoms with Crippen LogP contribution in [-0.4, -0.2) is 57.3 Å². The Morgan fingerprint density at radius 3 is 2.40 bits per heavy atom. The van der Waals surface area contributed by atoms with E-state index in [0.717, 1.165) is 12.8 Å². The fraction of sp³-hybridized carbons (Fsp3) is 0.611. The van der Waals surface area contributed by atoms with Crippen molar-refractivity contribution in [3.8, 4) is 0 Å². The van der Waals surface area contributed by atoms with Crippen LogP contribution in [0.1, 0.15) is 37.7 Å². The van der Waals surface area contributed by atoms with Crippen LogP contribution in [0.15, 0.2) is 23.1 Å². The summed E-state index contributed by atoms with van der Waals surface area (Å²) in [5.74, 6) is -0.120. The van der Waals surface area contributed by atoms with Gasteiger partial charge in [0.15, 0.2) is 0 Å². The van der Waals surface area contributed by atoms with Crippen LogP contribution in [0.2, 0.25) is 0 Å². The van der Waals surface area contributed by atoms with Crippen molar-refractivity contribution in [2.45, 2.75) is 50.0 Å². The summed E-state index contributed by atoms with van der Waals surface area (Å²) < 4.78 is 25.9. The number of nitrogens with one attached hydrogen (secondary N) is 1. The smallest absolute Gasteiger partial charge is 0.242 e. The minimum absolute atomic E-state index is 0.120. The van der Waals surface area contributed by atoms with Gasteiger partial charge in [-0.2, -0.15) is 0 Å². The number of rotatable bonds is 6. The molecule has 2 rings (SSSR count). The van der Waals surface area contributed by atoms with Gasteiger partial charge < -0.3 is 5.32 Å². The molecule has 1 aliphatic carbocycles. The molecule has 0 heterocycles. The van der Waals surface area contributed by atoms with E-state index in [-0.39, 0.29) is 10.8 Å². The van der Waals surface area contributed by atoms with Crippen molar-refractivity contribution < 1.29 is 13.2 Å². The molecule has 0 aromatic heterocycles. The molecule has 1 aliphatic rings. The molecule has 0 saturated heterocycles. The number of hydrogen-bond acceptors (Lipinski definition) is 4. The van der Waals surface area contributed by atoms with Gasteiger partial charge in [-0.15, -0.1) is 0 Å². The molecular formula is C18H29N3O3S. The van der Waals surface area contributed by atoms with Crippen molar-refractivity contribution in [2.75, 3.05) is 33.0 Å². The summed E-state index contributed by atoms with van der Waals surface area (Å²) in [4.78, 5) is 14.6. The van der Waals surface area contributed by atoms with E-state index in [9.17, 15) is 13.2 Å². The molecule has 1 fully saturated rings. The highest BCUT2D eigenvalue weighted by Crippen LogP contribution is 2.23. The summed E-state index contributed by atoms with van der Waals surface area (Å²) in [7, 11) is 1.44. The van der Waals surface area contributed by atoms with Gasteiger partial charge in [0.1, 0.15) is 0 Å². The maximum Gasteiger partial charge on any atom is 0.242 e. The molecule has 1 aromatic rings. The van der Waals surface area contributed by atoms with E-state index in [1.165, 1.54) is 43.7 Å². The lowest BCUT2D eigenvalue weighted by atomic mass is 9.94. The Kier molecular flexibility index (Phi) is 6.59. The second-order valence-electron chi connectivity index (χ2n) is 7.02. The molecule has 0 bridgehead atoms. The molecule has 1 N–H and O–H groups in total. The molecule has 0 aliphatic heterocycles. The summed E-state index contributed by atoms with van der Waals surface area (Å²) >= 11 is 0. The minimum Gasteiger partial charge on any atom is -0.325 e. The van der Waals surface area contributed by atoms with Crippen LogP contribution in [-0.2, 0) is 14.8 Å².